The standard InChI is InChI=1S/C27H25NO5/c1-16-7-5-6-8-21(16)24-23(25(29)22-14-13-20(33-4)15-17(22)2)26(30)27(31)28(24)18-9-11-19(32-3)12-10-18/h5-15,24,29H,1-4H3/b25-23+. The molecule has 168 valence electrons. The second kappa shape index (κ2) is 8.82. The summed E-state index contributed by atoms with van der Waals surface area (Å²) in [6.45, 7) is 3.74. The van der Waals surface area contributed by atoms with Crippen LogP contribution in [-0.2, 0) is 9.59 Å². The van der Waals surface area contributed by atoms with Crippen molar-refractivity contribution in [3.8, 4) is 11.5 Å². The van der Waals surface area contributed by atoms with Crippen molar-refractivity contribution in [1.82, 2.24) is 0 Å². The molecular weight excluding hydrogens is 418 g/mol. The molecule has 0 aromatic heterocycles. The van der Waals surface area contributed by atoms with Crippen molar-refractivity contribution in [1.29, 1.82) is 0 Å². The van der Waals surface area contributed by atoms with Crippen LogP contribution in [0.5, 0.6) is 11.5 Å². The van der Waals surface area contributed by atoms with Crippen molar-refractivity contribution in [3.63, 3.8) is 0 Å². The number of benzene rings is 3. The zero-order valence-corrected chi connectivity index (χ0v) is 19.0. The number of carbonyl (C=O) groups excluding carboxylic acids is 2. The Morgan fingerprint density at radius 3 is 2.09 bits per heavy atom. The van der Waals surface area contributed by atoms with Gasteiger partial charge in [-0.25, -0.2) is 0 Å². The van der Waals surface area contributed by atoms with Gasteiger partial charge in [0.05, 0.1) is 25.8 Å². The van der Waals surface area contributed by atoms with Crippen molar-refractivity contribution < 1.29 is 24.2 Å². The van der Waals surface area contributed by atoms with E-state index >= 15 is 0 Å². The van der Waals surface area contributed by atoms with Crippen LogP contribution >= 0.6 is 0 Å². The van der Waals surface area contributed by atoms with Gasteiger partial charge < -0.3 is 14.6 Å². The Morgan fingerprint density at radius 2 is 1.48 bits per heavy atom. The summed E-state index contributed by atoms with van der Waals surface area (Å²) in [5.74, 6) is -0.361. The molecule has 0 aliphatic carbocycles. The fourth-order valence-electron chi connectivity index (χ4n) is 4.20. The number of ketones is 1. The molecule has 0 saturated carbocycles. The number of Topliss-reactive ketones (excluding diaryl/α,β-unsaturated/α-hetero) is 1. The molecule has 1 aliphatic rings. The third-order valence-electron chi connectivity index (χ3n) is 5.97. The number of amides is 1. The van der Waals surface area contributed by atoms with E-state index in [1.165, 1.54) is 4.90 Å². The maximum Gasteiger partial charge on any atom is 0.300 e. The summed E-state index contributed by atoms with van der Waals surface area (Å²) >= 11 is 0. The molecule has 3 aromatic carbocycles. The van der Waals surface area contributed by atoms with Gasteiger partial charge in [0.2, 0.25) is 0 Å². The summed E-state index contributed by atoms with van der Waals surface area (Å²) in [6.07, 6.45) is 0. The van der Waals surface area contributed by atoms with Crippen molar-refractivity contribution >= 4 is 23.1 Å². The number of hydrogen-bond acceptors (Lipinski definition) is 5. The zero-order valence-electron chi connectivity index (χ0n) is 19.0. The minimum absolute atomic E-state index is 0.0541. The second-order valence-corrected chi connectivity index (χ2v) is 7.90. The maximum atomic E-state index is 13.3. The second-order valence-electron chi connectivity index (χ2n) is 7.90. The number of aliphatic hydroxyl groups excluding tert-OH is 1. The summed E-state index contributed by atoms with van der Waals surface area (Å²) in [5, 5.41) is 11.3. The van der Waals surface area contributed by atoms with Crippen molar-refractivity contribution in [2.45, 2.75) is 19.9 Å². The highest BCUT2D eigenvalue weighted by molar-refractivity contribution is 6.51. The SMILES string of the molecule is COc1ccc(N2C(=O)C(=O)/C(=C(/O)c3ccc(OC)cc3C)C2c2ccccc2C)cc1. The predicted molar refractivity (Wildman–Crippen MR) is 127 cm³/mol. The van der Waals surface area contributed by atoms with E-state index in [-0.39, 0.29) is 11.3 Å². The van der Waals surface area contributed by atoms with Gasteiger partial charge in [0.1, 0.15) is 17.3 Å². The number of carbonyl (C=O) groups is 2. The van der Waals surface area contributed by atoms with Crippen LogP contribution in [0.3, 0.4) is 0 Å². The summed E-state index contributed by atoms with van der Waals surface area (Å²) in [7, 11) is 3.12. The maximum absolute atomic E-state index is 13.3. The van der Waals surface area contributed by atoms with Crippen LogP contribution in [0.15, 0.2) is 72.3 Å². The average molecular weight is 443 g/mol. The number of aliphatic hydroxyl groups is 1. The van der Waals surface area contributed by atoms with Crippen LogP contribution in [0.1, 0.15) is 28.3 Å². The van der Waals surface area contributed by atoms with E-state index in [1.807, 2.05) is 38.1 Å². The first-order valence-electron chi connectivity index (χ1n) is 10.5. The van der Waals surface area contributed by atoms with E-state index in [9.17, 15) is 14.7 Å². The molecule has 33 heavy (non-hydrogen) atoms. The topological polar surface area (TPSA) is 76.1 Å². The quantitative estimate of drug-likeness (QED) is 0.343. The van der Waals surface area contributed by atoms with Gasteiger partial charge in [0.15, 0.2) is 0 Å². The Bertz CT molecular complexity index is 1260. The van der Waals surface area contributed by atoms with Gasteiger partial charge in [-0.1, -0.05) is 24.3 Å². The molecule has 1 saturated heterocycles. The molecule has 6 nitrogen and oxygen atoms in total. The Balaban J connectivity index is 1.95. The van der Waals surface area contributed by atoms with Gasteiger partial charge in [-0.2, -0.15) is 0 Å². The minimum atomic E-state index is -0.777. The van der Waals surface area contributed by atoms with Gasteiger partial charge in [-0.05, 0) is 73.0 Å². The molecule has 1 N–H and O–H groups in total. The molecule has 1 atom stereocenters. The van der Waals surface area contributed by atoms with Crippen molar-refractivity contribution in [2.24, 2.45) is 0 Å². The van der Waals surface area contributed by atoms with E-state index in [0.717, 1.165) is 16.7 Å². The van der Waals surface area contributed by atoms with Crippen LogP contribution in [0, 0.1) is 13.8 Å². The number of hydrogen-bond donors (Lipinski definition) is 1. The first kappa shape index (κ1) is 22.1. The molecule has 0 bridgehead atoms. The van der Waals surface area contributed by atoms with Crippen molar-refractivity contribution in [3.05, 3.63) is 94.6 Å². The first-order chi connectivity index (χ1) is 15.9. The molecule has 1 amide bonds. The van der Waals surface area contributed by atoms with E-state index in [1.54, 1.807) is 56.7 Å². The lowest BCUT2D eigenvalue weighted by atomic mass is 9.91. The lowest BCUT2D eigenvalue weighted by molar-refractivity contribution is -0.132. The highest BCUT2D eigenvalue weighted by Crippen LogP contribution is 2.43. The average Bonchev–Trinajstić information content (AvgIpc) is 3.09. The molecular formula is C27H25NO5. The van der Waals surface area contributed by atoms with Crippen LogP contribution < -0.4 is 14.4 Å². The first-order valence-corrected chi connectivity index (χ1v) is 10.5. The van der Waals surface area contributed by atoms with Crippen LogP contribution in [0.2, 0.25) is 0 Å². The van der Waals surface area contributed by atoms with Crippen LogP contribution in [-0.4, -0.2) is 31.0 Å². The zero-order chi connectivity index (χ0) is 23.7. The summed E-state index contributed by atoms with van der Waals surface area (Å²) in [4.78, 5) is 28.0. The Hall–Kier alpha value is -4.06. The van der Waals surface area contributed by atoms with E-state index in [2.05, 4.69) is 0 Å². The number of anilines is 1. The third kappa shape index (κ3) is 3.84. The number of methoxy groups -OCH3 is 2. The smallest absolute Gasteiger partial charge is 0.300 e. The van der Waals surface area contributed by atoms with E-state index in [0.29, 0.717) is 22.7 Å². The Labute approximate surface area is 192 Å². The number of rotatable bonds is 5. The Kier molecular flexibility index (Phi) is 5.92. The molecule has 1 aliphatic heterocycles. The summed E-state index contributed by atoms with van der Waals surface area (Å²) in [5.41, 5.74) is 3.46. The molecule has 1 heterocycles. The highest BCUT2D eigenvalue weighted by atomic mass is 16.5. The van der Waals surface area contributed by atoms with Gasteiger partial charge in [-0.15, -0.1) is 0 Å². The number of ether oxygens (including phenoxy) is 2. The molecule has 0 spiro atoms. The third-order valence-corrected chi connectivity index (χ3v) is 5.97. The summed E-state index contributed by atoms with van der Waals surface area (Å²) < 4.78 is 10.5. The van der Waals surface area contributed by atoms with Gasteiger partial charge in [-0.3, -0.25) is 14.5 Å². The van der Waals surface area contributed by atoms with Crippen LogP contribution in [0.25, 0.3) is 5.76 Å². The van der Waals surface area contributed by atoms with E-state index in [4.69, 9.17) is 9.47 Å². The fraction of sp³-hybridized carbons (Fsp3) is 0.185. The summed E-state index contributed by atoms with van der Waals surface area (Å²) in [6, 6.07) is 18.9. The number of nitrogens with zero attached hydrogens (tertiary/aromatic N) is 1. The molecule has 6 heteroatoms. The molecule has 4 rings (SSSR count). The highest BCUT2D eigenvalue weighted by Gasteiger charge is 2.47. The normalized spacial score (nSPS) is 17.3. The molecule has 0 radical (unpaired) electrons. The number of aryl methyl sites for hydroxylation is 2. The van der Waals surface area contributed by atoms with Gasteiger partial charge >= 0.3 is 0 Å². The lowest BCUT2D eigenvalue weighted by Gasteiger charge is -2.27. The Morgan fingerprint density at radius 1 is 0.848 bits per heavy atom. The molecule has 1 fully saturated rings. The van der Waals surface area contributed by atoms with Crippen molar-refractivity contribution in [2.75, 3.05) is 19.1 Å². The monoisotopic (exact) mass is 443 g/mol. The largest absolute Gasteiger partial charge is 0.507 e. The van der Waals surface area contributed by atoms with Gasteiger partial charge in [0.25, 0.3) is 11.7 Å². The fourth-order valence-corrected chi connectivity index (χ4v) is 4.20. The van der Waals surface area contributed by atoms with Crippen LogP contribution in [0.4, 0.5) is 5.69 Å². The van der Waals surface area contributed by atoms with Gasteiger partial charge in [0, 0.05) is 11.3 Å². The molecule has 3 aromatic rings. The predicted octanol–water partition coefficient (Wildman–Crippen LogP) is 4.95. The molecule has 1 unspecified atom stereocenters. The lowest BCUT2D eigenvalue weighted by Crippen LogP contribution is -2.29. The van der Waals surface area contributed by atoms with E-state index < -0.39 is 17.7 Å². The minimum Gasteiger partial charge on any atom is -0.507 e.